The average molecular weight is 410 g/mol. The van der Waals surface area contributed by atoms with Crippen molar-refractivity contribution in [2.45, 2.75) is 56.8 Å². The van der Waals surface area contributed by atoms with Gasteiger partial charge in [0.1, 0.15) is 6.10 Å². The first-order chi connectivity index (χ1) is 13.5. The van der Waals surface area contributed by atoms with Crippen molar-refractivity contribution in [3.05, 3.63) is 29.3 Å². The van der Waals surface area contributed by atoms with Crippen LogP contribution in [0.3, 0.4) is 0 Å². The molecule has 3 rings (SSSR count). The normalized spacial score (nSPS) is 24.9. The molecule has 4 N–H and O–H groups in total. The predicted molar refractivity (Wildman–Crippen MR) is 107 cm³/mol. The molecule has 8 heteroatoms. The zero-order chi connectivity index (χ0) is 19.9. The van der Waals surface area contributed by atoms with Gasteiger partial charge < -0.3 is 25.8 Å². The second-order valence-electron chi connectivity index (χ2n) is 7.48. The molecule has 3 atom stereocenters. The monoisotopic (exact) mass is 409 g/mol. The molecule has 0 radical (unpaired) electrons. The second kappa shape index (κ2) is 10.1. The molecule has 1 aromatic rings. The van der Waals surface area contributed by atoms with Gasteiger partial charge in [0.2, 0.25) is 5.91 Å². The van der Waals surface area contributed by atoms with E-state index in [-0.39, 0.29) is 36.6 Å². The highest BCUT2D eigenvalue weighted by Gasteiger charge is 2.34. The van der Waals surface area contributed by atoms with Gasteiger partial charge >= 0.3 is 6.03 Å². The number of anilines is 1. The van der Waals surface area contributed by atoms with Crippen LogP contribution in [-0.4, -0.2) is 48.4 Å². The van der Waals surface area contributed by atoms with E-state index in [1.54, 1.807) is 24.3 Å². The van der Waals surface area contributed by atoms with E-state index >= 15 is 0 Å². The predicted octanol–water partition coefficient (Wildman–Crippen LogP) is 2.68. The number of hydrogen-bond acceptors (Lipinski definition) is 4. The molecule has 28 heavy (non-hydrogen) atoms. The molecule has 1 aromatic carbocycles. The van der Waals surface area contributed by atoms with Gasteiger partial charge in [0.15, 0.2) is 0 Å². The van der Waals surface area contributed by atoms with Crippen LogP contribution in [0.1, 0.15) is 38.5 Å². The molecule has 2 fully saturated rings. The van der Waals surface area contributed by atoms with Crippen LogP contribution in [0.4, 0.5) is 10.5 Å². The number of benzene rings is 1. The van der Waals surface area contributed by atoms with Gasteiger partial charge in [-0.15, -0.1) is 0 Å². The maximum absolute atomic E-state index is 12.1. The zero-order valence-electron chi connectivity index (χ0n) is 15.8. The quantitative estimate of drug-likeness (QED) is 0.556. The average Bonchev–Trinajstić information content (AvgIpc) is 2.63. The van der Waals surface area contributed by atoms with Crippen LogP contribution in [-0.2, 0) is 9.53 Å². The fourth-order valence-electron chi connectivity index (χ4n) is 3.54. The van der Waals surface area contributed by atoms with E-state index in [1.165, 1.54) is 0 Å². The van der Waals surface area contributed by atoms with Crippen molar-refractivity contribution in [1.82, 2.24) is 10.6 Å². The fourth-order valence-corrected chi connectivity index (χ4v) is 3.66. The lowest BCUT2D eigenvalue weighted by Crippen LogP contribution is -2.53. The van der Waals surface area contributed by atoms with Gasteiger partial charge in [-0.2, -0.15) is 0 Å². The number of carbonyl (C=O) groups excluding carboxylic acids is 2. The summed E-state index contributed by atoms with van der Waals surface area (Å²) in [5.41, 5.74) is 0.668. The number of carbonyl (C=O) groups is 2. The summed E-state index contributed by atoms with van der Waals surface area (Å²) in [5.74, 6) is 0.206. The van der Waals surface area contributed by atoms with Crippen LogP contribution >= 0.6 is 11.6 Å². The zero-order valence-corrected chi connectivity index (χ0v) is 16.6. The highest BCUT2D eigenvalue weighted by Crippen LogP contribution is 2.28. The van der Waals surface area contributed by atoms with Gasteiger partial charge in [-0.1, -0.05) is 18.0 Å². The van der Waals surface area contributed by atoms with Crippen LogP contribution in [0, 0.1) is 5.92 Å². The van der Waals surface area contributed by atoms with E-state index in [2.05, 4.69) is 16.0 Å². The number of hydrogen-bond donors (Lipinski definition) is 4. The van der Waals surface area contributed by atoms with E-state index in [4.69, 9.17) is 16.3 Å². The van der Waals surface area contributed by atoms with Crippen LogP contribution in [0.25, 0.3) is 0 Å². The first-order valence-electron chi connectivity index (χ1n) is 9.92. The van der Waals surface area contributed by atoms with Crippen LogP contribution in [0.5, 0.6) is 0 Å². The molecule has 0 unspecified atom stereocenters. The summed E-state index contributed by atoms with van der Waals surface area (Å²) < 4.78 is 5.94. The summed E-state index contributed by atoms with van der Waals surface area (Å²) in [7, 11) is 0. The molecule has 1 heterocycles. The van der Waals surface area contributed by atoms with Gasteiger partial charge in [-0.25, -0.2) is 4.79 Å². The molecule has 1 saturated heterocycles. The minimum Gasteiger partial charge on any atom is -0.394 e. The Morgan fingerprint density at radius 2 is 1.89 bits per heavy atom. The van der Waals surface area contributed by atoms with Crippen molar-refractivity contribution in [3.63, 3.8) is 0 Å². The Labute approximate surface area is 170 Å². The first kappa shape index (κ1) is 20.9. The lowest BCUT2D eigenvalue weighted by Gasteiger charge is -2.37. The van der Waals surface area contributed by atoms with Crippen molar-refractivity contribution < 1.29 is 19.4 Å². The first-order valence-corrected chi connectivity index (χ1v) is 10.3. The molecule has 1 aliphatic heterocycles. The molecule has 0 spiro atoms. The van der Waals surface area contributed by atoms with Crippen molar-refractivity contribution >= 4 is 29.2 Å². The summed E-state index contributed by atoms with van der Waals surface area (Å²) >= 11 is 5.82. The van der Waals surface area contributed by atoms with Crippen molar-refractivity contribution in [2.24, 2.45) is 5.92 Å². The largest absolute Gasteiger partial charge is 0.394 e. The number of ether oxygens (including phenoxy) is 1. The van der Waals surface area contributed by atoms with Crippen molar-refractivity contribution in [1.29, 1.82) is 0 Å². The number of halogens is 1. The third-order valence-corrected chi connectivity index (χ3v) is 5.71. The molecule has 7 nitrogen and oxygen atoms in total. The Kier molecular flexibility index (Phi) is 7.53. The minimum atomic E-state index is -0.398. The Morgan fingerprint density at radius 3 is 2.54 bits per heavy atom. The standard InChI is InChI=1S/C20H28ClN3O4/c21-14-4-6-15(7-5-14)23-20(27)22-11-10-16-8-9-17(18(12-25)28-16)24-19(26)13-2-1-3-13/h4-7,13,16-18,25H,1-3,8-12H2,(H,24,26)(H2,22,23,27)/t16-,17+,18-/m0/s1. The SMILES string of the molecule is O=C(NCC[C@@H]1CC[C@@H](NC(=O)C2CCC2)[C@H](CO)O1)Nc1ccc(Cl)cc1. The van der Waals surface area contributed by atoms with Gasteiger partial charge in [-0.3, -0.25) is 4.79 Å². The molecular formula is C20H28ClN3O4. The summed E-state index contributed by atoms with van der Waals surface area (Å²) in [6, 6.07) is 6.45. The smallest absolute Gasteiger partial charge is 0.319 e. The van der Waals surface area contributed by atoms with E-state index in [9.17, 15) is 14.7 Å². The summed E-state index contributed by atoms with van der Waals surface area (Å²) in [5, 5.41) is 18.8. The van der Waals surface area contributed by atoms with Gasteiger partial charge in [0.25, 0.3) is 0 Å². The lowest BCUT2D eigenvalue weighted by atomic mass is 9.84. The molecule has 3 amide bonds. The van der Waals surface area contributed by atoms with Gasteiger partial charge in [0, 0.05) is 23.2 Å². The molecule has 0 bridgehead atoms. The highest BCUT2D eigenvalue weighted by molar-refractivity contribution is 6.30. The minimum absolute atomic E-state index is 0.0511. The molecule has 0 aromatic heterocycles. The maximum atomic E-state index is 12.1. The number of rotatable bonds is 7. The lowest BCUT2D eigenvalue weighted by molar-refractivity contribution is -0.134. The van der Waals surface area contributed by atoms with Gasteiger partial charge in [0.05, 0.1) is 18.8 Å². The molecular weight excluding hydrogens is 382 g/mol. The number of aliphatic hydroxyl groups is 1. The van der Waals surface area contributed by atoms with Crippen molar-refractivity contribution in [3.8, 4) is 0 Å². The number of urea groups is 1. The third-order valence-electron chi connectivity index (χ3n) is 5.45. The Morgan fingerprint density at radius 1 is 1.14 bits per heavy atom. The second-order valence-corrected chi connectivity index (χ2v) is 7.91. The highest BCUT2D eigenvalue weighted by atomic mass is 35.5. The van der Waals surface area contributed by atoms with E-state index < -0.39 is 6.10 Å². The van der Waals surface area contributed by atoms with Gasteiger partial charge in [-0.05, 0) is 56.4 Å². The Balaban J connectivity index is 1.36. The van der Waals surface area contributed by atoms with Crippen molar-refractivity contribution in [2.75, 3.05) is 18.5 Å². The summed E-state index contributed by atoms with van der Waals surface area (Å²) in [6.45, 7) is 0.331. The number of nitrogens with one attached hydrogen (secondary N) is 3. The molecule has 1 saturated carbocycles. The third kappa shape index (κ3) is 5.83. The van der Waals surface area contributed by atoms with E-state index in [1.807, 2.05) is 0 Å². The summed E-state index contributed by atoms with van der Waals surface area (Å²) in [6.07, 6.45) is 4.77. The van der Waals surface area contributed by atoms with E-state index in [0.717, 1.165) is 32.1 Å². The van der Waals surface area contributed by atoms with Crippen LogP contribution < -0.4 is 16.0 Å². The topological polar surface area (TPSA) is 99.7 Å². The fraction of sp³-hybridized carbons (Fsp3) is 0.600. The Hall–Kier alpha value is -1.83. The summed E-state index contributed by atoms with van der Waals surface area (Å²) in [4.78, 5) is 24.1. The van der Waals surface area contributed by atoms with Crippen LogP contribution in [0.15, 0.2) is 24.3 Å². The molecule has 1 aliphatic carbocycles. The van der Waals surface area contributed by atoms with Crippen LogP contribution in [0.2, 0.25) is 5.02 Å². The molecule has 2 aliphatic rings. The number of amides is 3. The number of aliphatic hydroxyl groups excluding tert-OH is 1. The Bertz CT molecular complexity index is 666. The van der Waals surface area contributed by atoms with E-state index in [0.29, 0.717) is 23.7 Å². The molecule has 154 valence electrons. The maximum Gasteiger partial charge on any atom is 0.319 e.